The van der Waals surface area contributed by atoms with Crippen molar-refractivity contribution in [3.8, 4) is 0 Å². The summed E-state index contributed by atoms with van der Waals surface area (Å²) in [5, 5.41) is 2.47. The van der Waals surface area contributed by atoms with Gasteiger partial charge in [0.15, 0.2) is 5.82 Å². The molecule has 1 rings (SSSR count). The molecule has 0 bridgehead atoms. The predicted molar refractivity (Wildman–Crippen MR) is 51.9 cm³/mol. The van der Waals surface area contributed by atoms with Crippen molar-refractivity contribution < 1.29 is 9.53 Å². The molecule has 0 spiro atoms. The first-order valence-electron chi connectivity index (χ1n) is 4.52. The van der Waals surface area contributed by atoms with Crippen LogP contribution in [0.2, 0.25) is 0 Å². The van der Waals surface area contributed by atoms with Crippen LogP contribution < -0.4 is 5.32 Å². The van der Waals surface area contributed by atoms with E-state index >= 15 is 0 Å². The molecule has 1 N–H and O–H groups in total. The highest BCUT2D eigenvalue weighted by molar-refractivity contribution is 5.82. The zero-order valence-corrected chi connectivity index (χ0v) is 8.06. The second-order valence-electron chi connectivity index (χ2n) is 2.71. The summed E-state index contributed by atoms with van der Waals surface area (Å²) in [7, 11) is 0. The van der Waals surface area contributed by atoms with Crippen molar-refractivity contribution in [3.63, 3.8) is 0 Å². The van der Waals surface area contributed by atoms with E-state index in [4.69, 9.17) is 4.74 Å². The second-order valence-corrected chi connectivity index (χ2v) is 2.71. The van der Waals surface area contributed by atoms with Crippen LogP contribution in [0.15, 0.2) is 18.6 Å². The van der Waals surface area contributed by atoms with Crippen molar-refractivity contribution in [3.05, 3.63) is 18.6 Å². The molecule has 1 aromatic rings. The zero-order valence-electron chi connectivity index (χ0n) is 8.06. The number of amides is 1. The average molecular weight is 195 g/mol. The van der Waals surface area contributed by atoms with Crippen LogP contribution in [0, 0.1) is 0 Å². The van der Waals surface area contributed by atoms with Gasteiger partial charge < -0.3 is 4.74 Å². The maximum Gasteiger partial charge on any atom is 0.412 e. The molecule has 1 aromatic heterocycles. The summed E-state index contributed by atoms with van der Waals surface area (Å²) in [5.41, 5.74) is 0. The van der Waals surface area contributed by atoms with Gasteiger partial charge in [0.05, 0.1) is 12.8 Å². The van der Waals surface area contributed by atoms with Crippen LogP contribution in [0.25, 0.3) is 0 Å². The van der Waals surface area contributed by atoms with E-state index in [1.54, 1.807) is 0 Å². The van der Waals surface area contributed by atoms with E-state index in [0.29, 0.717) is 12.4 Å². The Balaban J connectivity index is 2.27. The summed E-state index contributed by atoms with van der Waals surface area (Å²) >= 11 is 0. The Labute approximate surface area is 82.5 Å². The van der Waals surface area contributed by atoms with Gasteiger partial charge in [-0.05, 0) is 6.42 Å². The lowest BCUT2D eigenvalue weighted by molar-refractivity contribution is 0.160. The molecule has 0 aliphatic rings. The molecule has 1 amide bonds. The van der Waals surface area contributed by atoms with Crippen molar-refractivity contribution in [2.45, 2.75) is 19.8 Å². The number of anilines is 1. The highest BCUT2D eigenvalue weighted by atomic mass is 16.5. The van der Waals surface area contributed by atoms with Gasteiger partial charge in [-0.1, -0.05) is 13.3 Å². The molecule has 0 fully saturated rings. The fraction of sp³-hybridized carbons (Fsp3) is 0.444. The van der Waals surface area contributed by atoms with Crippen molar-refractivity contribution in [2.75, 3.05) is 11.9 Å². The van der Waals surface area contributed by atoms with Gasteiger partial charge in [0, 0.05) is 12.4 Å². The topological polar surface area (TPSA) is 64.1 Å². The molecule has 0 saturated carbocycles. The van der Waals surface area contributed by atoms with Crippen LogP contribution >= 0.6 is 0 Å². The molecule has 5 nitrogen and oxygen atoms in total. The lowest BCUT2D eigenvalue weighted by atomic mass is 10.4. The van der Waals surface area contributed by atoms with Crippen LogP contribution in [0.3, 0.4) is 0 Å². The van der Waals surface area contributed by atoms with Gasteiger partial charge >= 0.3 is 6.09 Å². The van der Waals surface area contributed by atoms with Gasteiger partial charge in [0.1, 0.15) is 0 Å². The monoisotopic (exact) mass is 195 g/mol. The lowest BCUT2D eigenvalue weighted by Crippen LogP contribution is -2.15. The molecule has 0 radical (unpaired) electrons. The minimum Gasteiger partial charge on any atom is -0.449 e. The van der Waals surface area contributed by atoms with E-state index < -0.39 is 6.09 Å². The third-order valence-corrected chi connectivity index (χ3v) is 1.52. The molecule has 14 heavy (non-hydrogen) atoms. The van der Waals surface area contributed by atoms with E-state index in [0.717, 1.165) is 12.8 Å². The van der Waals surface area contributed by atoms with Crippen LogP contribution in [0.4, 0.5) is 10.6 Å². The summed E-state index contributed by atoms with van der Waals surface area (Å²) in [5.74, 6) is 0.397. The third kappa shape index (κ3) is 3.84. The van der Waals surface area contributed by atoms with Gasteiger partial charge in [-0.25, -0.2) is 9.78 Å². The van der Waals surface area contributed by atoms with Crippen LogP contribution in [-0.2, 0) is 4.74 Å². The number of carbonyl (C=O) groups is 1. The van der Waals surface area contributed by atoms with E-state index in [-0.39, 0.29) is 0 Å². The van der Waals surface area contributed by atoms with Crippen LogP contribution in [0.1, 0.15) is 19.8 Å². The highest BCUT2D eigenvalue weighted by Crippen LogP contribution is 1.98. The minimum absolute atomic E-state index is 0.397. The van der Waals surface area contributed by atoms with Gasteiger partial charge in [-0.3, -0.25) is 10.3 Å². The Morgan fingerprint density at radius 1 is 1.57 bits per heavy atom. The molecule has 1 heterocycles. The zero-order chi connectivity index (χ0) is 10.2. The number of unbranched alkanes of at least 4 members (excludes halogenated alkanes) is 1. The molecular weight excluding hydrogens is 182 g/mol. The van der Waals surface area contributed by atoms with Gasteiger partial charge in [0.25, 0.3) is 0 Å². The molecule has 0 atom stereocenters. The molecule has 0 aromatic carbocycles. The van der Waals surface area contributed by atoms with Crippen molar-refractivity contribution >= 4 is 11.9 Å². The summed E-state index contributed by atoms with van der Waals surface area (Å²) in [4.78, 5) is 18.8. The standard InChI is InChI=1S/C9H13N3O2/c1-2-3-6-14-9(13)12-8-7-10-4-5-11-8/h4-5,7H,2-3,6H2,1H3,(H,11,12,13). The second kappa shape index (κ2) is 5.90. The van der Waals surface area contributed by atoms with E-state index in [1.807, 2.05) is 6.92 Å². The SMILES string of the molecule is CCCCOC(=O)Nc1cnccn1. The van der Waals surface area contributed by atoms with Crippen molar-refractivity contribution in [2.24, 2.45) is 0 Å². The van der Waals surface area contributed by atoms with Gasteiger partial charge in [-0.15, -0.1) is 0 Å². The van der Waals surface area contributed by atoms with Gasteiger partial charge in [-0.2, -0.15) is 0 Å². The first kappa shape index (κ1) is 10.4. The first-order chi connectivity index (χ1) is 6.83. The maximum absolute atomic E-state index is 11.1. The van der Waals surface area contributed by atoms with Crippen molar-refractivity contribution in [1.29, 1.82) is 0 Å². The molecule has 76 valence electrons. The molecule has 0 aliphatic carbocycles. The quantitative estimate of drug-likeness (QED) is 0.744. The van der Waals surface area contributed by atoms with E-state index in [1.165, 1.54) is 18.6 Å². The Morgan fingerprint density at radius 2 is 2.43 bits per heavy atom. The fourth-order valence-electron chi connectivity index (χ4n) is 0.813. The normalized spacial score (nSPS) is 9.50. The maximum atomic E-state index is 11.1. The number of hydrogen-bond donors (Lipinski definition) is 1. The summed E-state index contributed by atoms with van der Waals surface area (Å²) in [6.07, 6.45) is 5.88. The number of nitrogens with one attached hydrogen (secondary N) is 1. The summed E-state index contributed by atoms with van der Waals surface area (Å²) in [6.45, 7) is 2.46. The molecule has 5 heteroatoms. The fourth-order valence-corrected chi connectivity index (χ4v) is 0.813. The predicted octanol–water partition coefficient (Wildman–Crippen LogP) is 1.83. The molecule has 0 saturated heterocycles. The number of aromatic nitrogens is 2. The van der Waals surface area contributed by atoms with Gasteiger partial charge in [0.2, 0.25) is 0 Å². The molecule has 0 unspecified atom stereocenters. The Hall–Kier alpha value is -1.65. The number of hydrogen-bond acceptors (Lipinski definition) is 4. The Morgan fingerprint density at radius 3 is 3.07 bits per heavy atom. The molecular formula is C9H13N3O2. The highest BCUT2D eigenvalue weighted by Gasteiger charge is 2.02. The average Bonchev–Trinajstić information content (AvgIpc) is 2.20. The molecule has 0 aliphatic heterocycles. The number of rotatable bonds is 4. The van der Waals surface area contributed by atoms with Crippen LogP contribution in [-0.4, -0.2) is 22.7 Å². The summed E-state index contributed by atoms with van der Waals surface area (Å²) in [6, 6.07) is 0. The Bertz CT molecular complexity index is 277. The Kier molecular flexibility index (Phi) is 4.40. The van der Waals surface area contributed by atoms with Crippen LogP contribution in [0.5, 0.6) is 0 Å². The van der Waals surface area contributed by atoms with E-state index in [2.05, 4.69) is 15.3 Å². The number of ether oxygens (including phenoxy) is 1. The third-order valence-electron chi connectivity index (χ3n) is 1.52. The van der Waals surface area contributed by atoms with E-state index in [9.17, 15) is 4.79 Å². The lowest BCUT2D eigenvalue weighted by Gasteiger charge is -2.04. The minimum atomic E-state index is -0.487. The first-order valence-corrected chi connectivity index (χ1v) is 4.52. The largest absolute Gasteiger partial charge is 0.449 e. The smallest absolute Gasteiger partial charge is 0.412 e. The number of nitrogens with zero attached hydrogens (tertiary/aromatic N) is 2. The number of carbonyl (C=O) groups excluding carboxylic acids is 1. The van der Waals surface area contributed by atoms with Crippen molar-refractivity contribution in [1.82, 2.24) is 9.97 Å². The summed E-state index contributed by atoms with van der Waals surface area (Å²) < 4.78 is 4.87.